The van der Waals surface area contributed by atoms with Gasteiger partial charge in [-0.25, -0.2) is 0 Å². The van der Waals surface area contributed by atoms with Crippen LogP contribution in [0.4, 0.5) is 0 Å². The van der Waals surface area contributed by atoms with E-state index in [1.165, 1.54) is 61.6 Å². The third-order valence-corrected chi connectivity index (χ3v) is 4.74. The predicted octanol–water partition coefficient (Wildman–Crippen LogP) is 4.04. The van der Waals surface area contributed by atoms with E-state index in [0.717, 1.165) is 17.3 Å². The summed E-state index contributed by atoms with van der Waals surface area (Å²) in [7, 11) is 1.74. The van der Waals surface area contributed by atoms with Gasteiger partial charge in [-0.3, -0.25) is 0 Å². The lowest BCUT2D eigenvalue weighted by atomic mass is 9.83. The number of benzene rings is 1. The van der Waals surface area contributed by atoms with Gasteiger partial charge in [-0.05, 0) is 62.3 Å². The van der Waals surface area contributed by atoms with Gasteiger partial charge in [-0.1, -0.05) is 18.0 Å². The SMILES string of the molecule is COc1c(Cl)cc2c(c1C1CCCCN1)CCCC2. The van der Waals surface area contributed by atoms with Gasteiger partial charge in [0.15, 0.2) is 0 Å². The van der Waals surface area contributed by atoms with Gasteiger partial charge < -0.3 is 10.1 Å². The van der Waals surface area contributed by atoms with Gasteiger partial charge in [0.2, 0.25) is 0 Å². The molecule has 3 heteroatoms. The number of aryl methyl sites for hydroxylation is 1. The van der Waals surface area contributed by atoms with Crippen molar-refractivity contribution in [1.29, 1.82) is 0 Å². The van der Waals surface area contributed by atoms with Crippen molar-refractivity contribution >= 4 is 11.6 Å². The molecule has 1 heterocycles. The van der Waals surface area contributed by atoms with Crippen LogP contribution in [0.3, 0.4) is 0 Å². The molecule has 1 aromatic carbocycles. The molecule has 3 rings (SSSR count). The first kappa shape index (κ1) is 13.3. The highest BCUT2D eigenvalue weighted by molar-refractivity contribution is 6.32. The van der Waals surface area contributed by atoms with Crippen molar-refractivity contribution in [3.05, 3.63) is 27.8 Å². The second-order valence-electron chi connectivity index (χ2n) is 5.65. The molecule has 1 aromatic rings. The molecule has 0 bridgehead atoms. The van der Waals surface area contributed by atoms with E-state index >= 15 is 0 Å². The number of rotatable bonds is 2. The largest absolute Gasteiger partial charge is 0.495 e. The fourth-order valence-electron chi connectivity index (χ4n) is 3.55. The first-order valence-electron chi connectivity index (χ1n) is 7.42. The normalized spacial score (nSPS) is 22.9. The van der Waals surface area contributed by atoms with Gasteiger partial charge in [-0.2, -0.15) is 0 Å². The molecular weight excluding hydrogens is 258 g/mol. The average molecular weight is 280 g/mol. The smallest absolute Gasteiger partial charge is 0.142 e. The first-order valence-corrected chi connectivity index (χ1v) is 7.80. The van der Waals surface area contributed by atoms with Crippen LogP contribution in [0.1, 0.15) is 54.8 Å². The Balaban J connectivity index is 2.09. The van der Waals surface area contributed by atoms with Gasteiger partial charge in [0.25, 0.3) is 0 Å². The van der Waals surface area contributed by atoms with Crippen LogP contribution in [0.25, 0.3) is 0 Å². The van der Waals surface area contributed by atoms with Gasteiger partial charge >= 0.3 is 0 Å². The molecule has 1 aliphatic carbocycles. The van der Waals surface area contributed by atoms with Crippen molar-refractivity contribution in [2.75, 3.05) is 13.7 Å². The third kappa shape index (κ3) is 2.48. The van der Waals surface area contributed by atoms with E-state index in [-0.39, 0.29) is 0 Å². The number of ether oxygens (including phenoxy) is 1. The molecule has 19 heavy (non-hydrogen) atoms. The highest BCUT2D eigenvalue weighted by Crippen LogP contribution is 2.42. The van der Waals surface area contributed by atoms with Crippen LogP contribution in [0.2, 0.25) is 5.02 Å². The molecule has 0 radical (unpaired) electrons. The zero-order valence-corrected chi connectivity index (χ0v) is 12.4. The Labute approximate surface area is 120 Å². The van der Waals surface area contributed by atoms with Gasteiger partial charge in [0, 0.05) is 11.6 Å². The van der Waals surface area contributed by atoms with Gasteiger partial charge in [-0.15, -0.1) is 0 Å². The zero-order valence-electron chi connectivity index (χ0n) is 11.6. The Morgan fingerprint density at radius 1 is 1.21 bits per heavy atom. The van der Waals surface area contributed by atoms with Crippen LogP contribution in [-0.2, 0) is 12.8 Å². The van der Waals surface area contributed by atoms with E-state index in [9.17, 15) is 0 Å². The summed E-state index contributed by atoms with van der Waals surface area (Å²) in [5, 5.41) is 4.43. The molecule has 0 saturated carbocycles. The number of nitrogens with one attached hydrogen (secondary N) is 1. The monoisotopic (exact) mass is 279 g/mol. The van der Waals surface area contributed by atoms with E-state index in [4.69, 9.17) is 16.3 Å². The highest BCUT2D eigenvalue weighted by atomic mass is 35.5. The summed E-state index contributed by atoms with van der Waals surface area (Å²) >= 11 is 6.43. The maximum atomic E-state index is 6.43. The predicted molar refractivity (Wildman–Crippen MR) is 79.2 cm³/mol. The van der Waals surface area contributed by atoms with Crippen molar-refractivity contribution in [2.45, 2.75) is 51.0 Å². The minimum absolute atomic E-state index is 0.425. The Bertz CT molecular complexity index is 466. The zero-order chi connectivity index (χ0) is 13.2. The summed E-state index contributed by atoms with van der Waals surface area (Å²) < 4.78 is 5.62. The average Bonchev–Trinajstić information content (AvgIpc) is 2.46. The van der Waals surface area contributed by atoms with Crippen LogP contribution in [-0.4, -0.2) is 13.7 Å². The summed E-state index contributed by atoms with van der Waals surface area (Å²) in [5.74, 6) is 0.904. The molecule has 0 spiro atoms. The fourth-order valence-corrected chi connectivity index (χ4v) is 3.86. The highest BCUT2D eigenvalue weighted by Gasteiger charge is 2.26. The molecule has 1 saturated heterocycles. The van der Waals surface area contributed by atoms with Crippen molar-refractivity contribution in [3.8, 4) is 5.75 Å². The number of fused-ring (bicyclic) bond motifs is 1. The summed E-state index contributed by atoms with van der Waals surface area (Å²) in [4.78, 5) is 0. The number of hydrogen-bond donors (Lipinski definition) is 1. The van der Waals surface area contributed by atoms with E-state index in [1.807, 2.05) is 0 Å². The lowest BCUT2D eigenvalue weighted by Crippen LogP contribution is -2.28. The summed E-state index contributed by atoms with van der Waals surface area (Å²) in [6.07, 6.45) is 8.69. The quantitative estimate of drug-likeness (QED) is 0.882. The summed E-state index contributed by atoms with van der Waals surface area (Å²) in [5.41, 5.74) is 4.30. The molecular formula is C16H22ClNO. The van der Waals surface area contributed by atoms with E-state index < -0.39 is 0 Å². The second kappa shape index (κ2) is 5.72. The van der Waals surface area contributed by atoms with Crippen LogP contribution in [0.15, 0.2) is 6.07 Å². The minimum Gasteiger partial charge on any atom is -0.495 e. The number of methoxy groups -OCH3 is 1. The number of hydrogen-bond acceptors (Lipinski definition) is 2. The lowest BCUT2D eigenvalue weighted by Gasteiger charge is -2.30. The molecule has 2 nitrogen and oxygen atoms in total. The molecule has 1 aliphatic heterocycles. The molecule has 0 aromatic heterocycles. The third-order valence-electron chi connectivity index (χ3n) is 4.46. The Morgan fingerprint density at radius 3 is 2.79 bits per heavy atom. The number of halogens is 1. The second-order valence-corrected chi connectivity index (χ2v) is 6.06. The topological polar surface area (TPSA) is 21.3 Å². The van der Waals surface area contributed by atoms with E-state index in [0.29, 0.717) is 6.04 Å². The first-order chi connectivity index (χ1) is 9.31. The standard InChI is InChI=1S/C16H22ClNO/c1-19-16-13(17)10-11-6-2-3-7-12(11)15(16)14-8-4-5-9-18-14/h10,14,18H,2-9H2,1H3. The Hall–Kier alpha value is -0.730. The van der Waals surface area contributed by atoms with Crippen LogP contribution in [0.5, 0.6) is 5.75 Å². The molecule has 2 aliphatic rings. The van der Waals surface area contributed by atoms with Crippen LogP contribution < -0.4 is 10.1 Å². The van der Waals surface area contributed by atoms with Crippen molar-refractivity contribution in [2.24, 2.45) is 0 Å². The molecule has 0 amide bonds. The molecule has 1 unspecified atom stereocenters. The van der Waals surface area contributed by atoms with E-state index in [1.54, 1.807) is 7.11 Å². The summed E-state index contributed by atoms with van der Waals surface area (Å²) in [6.45, 7) is 1.11. The van der Waals surface area contributed by atoms with Crippen molar-refractivity contribution in [3.63, 3.8) is 0 Å². The lowest BCUT2D eigenvalue weighted by molar-refractivity contribution is 0.370. The molecule has 1 atom stereocenters. The molecule has 1 N–H and O–H groups in total. The maximum Gasteiger partial charge on any atom is 0.142 e. The Kier molecular flexibility index (Phi) is 3.99. The van der Waals surface area contributed by atoms with Crippen LogP contribution >= 0.6 is 11.6 Å². The van der Waals surface area contributed by atoms with Gasteiger partial charge in [0.1, 0.15) is 5.75 Å². The number of piperidine rings is 1. The van der Waals surface area contributed by atoms with Crippen LogP contribution in [0, 0.1) is 0 Å². The van der Waals surface area contributed by atoms with Crippen molar-refractivity contribution in [1.82, 2.24) is 5.32 Å². The van der Waals surface area contributed by atoms with Gasteiger partial charge in [0.05, 0.1) is 12.1 Å². The molecule has 1 fully saturated rings. The fraction of sp³-hybridized carbons (Fsp3) is 0.625. The van der Waals surface area contributed by atoms with E-state index in [2.05, 4.69) is 11.4 Å². The summed E-state index contributed by atoms with van der Waals surface area (Å²) in [6, 6.07) is 2.55. The minimum atomic E-state index is 0.425. The maximum absolute atomic E-state index is 6.43. The van der Waals surface area contributed by atoms with Crippen molar-refractivity contribution < 1.29 is 4.74 Å². The Morgan fingerprint density at radius 2 is 2.05 bits per heavy atom. The molecule has 104 valence electrons.